The van der Waals surface area contributed by atoms with Crippen LogP contribution >= 0.6 is 15.9 Å². The molecule has 0 radical (unpaired) electrons. The minimum Gasteiger partial charge on any atom is -0.423 e. The summed E-state index contributed by atoms with van der Waals surface area (Å²) in [6.07, 6.45) is 1.87. The first-order valence-corrected chi connectivity index (χ1v) is 4.38. The predicted molar refractivity (Wildman–Crippen MR) is 54.2 cm³/mol. The Bertz CT molecular complexity index is 269. The number of rotatable bonds is 2. The fourth-order valence-corrected chi connectivity index (χ4v) is 1.16. The van der Waals surface area contributed by atoms with Gasteiger partial charge < -0.3 is 10.0 Å². The minimum absolute atomic E-state index is 0.502. The van der Waals surface area contributed by atoms with Crippen molar-refractivity contribution in [2.45, 2.75) is 0 Å². The quantitative estimate of drug-likeness (QED) is 0.731. The molecule has 0 saturated carbocycles. The van der Waals surface area contributed by atoms with Crippen LogP contribution in [0, 0.1) is 0 Å². The van der Waals surface area contributed by atoms with Crippen LogP contribution in [0.2, 0.25) is 0 Å². The maximum absolute atomic E-state index is 8.77. The van der Waals surface area contributed by atoms with E-state index in [-0.39, 0.29) is 0 Å². The van der Waals surface area contributed by atoms with Gasteiger partial charge in [-0.3, -0.25) is 0 Å². The fourth-order valence-electron chi connectivity index (χ4n) is 0.852. The lowest BCUT2D eigenvalue weighted by molar-refractivity contribution is 0.426. The maximum atomic E-state index is 8.77. The van der Waals surface area contributed by atoms with Gasteiger partial charge in [0.15, 0.2) is 0 Å². The molecule has 1 aromatic carbocycles. The zero-order valence-corrected chi connectivity index (χ0v) is 7.90. The van der Waals surface area contributed by atoms with Crippen LogP contribution in [0.3, 0.4) is 0 Å². The van der Waals surface area contributed by atoms with Crippen molar-refractivity contribution in [3.63, 3.8) is 0 Å². The third kappa shape index (κ3) is 2.48. The standard InChI is InChI=1S/C8H8BBrO2/c10-6-5-7-1-3-8(4-2-7)9(11)12/h1-6,11-12H/b6-5+. The number of benzene rings is 1. The van der Waals surface area contributed by atoms with Crippen molar-refractivity contribution >= 4 is 34.6 Å². The highest BCUT2D eigenvalue weighted by Gasteiger charge is 2.08. The van der Waals surface area contributed by atoms with E-state index in [0.717, 1.165) is 5.56 Å². The second-order valence-corrected chi connectivity index (χ2v) is 2.86. The molecule has 1 rings (SSSR count). The van der Waals surface area contributed by atoms with Crippen molar-refractivity contribution in [2.75, 3.05) is 0 Å². The lowest BCUT2D eigenvalue weighted by Gasteiger charge is -1.98. The number of hydrogen-bond donors (Lipinski definition) is 2. The molecule has 0 aromatic heterocycles. The topological polar surface area (TPSA) is 40.5 Å². The Morgan fingerprint density at radius 1 is 1.17 bits per heavy atom. The fraction of sp³-hybridized carbons (Fsp3) is 0. The second kappa shape index (κ2) is 4.45. The second-order valence-electron chi connectivity index (χ2n) is 2.33. The molecule has 1 aromatic rings. The average Bonchev–Trinajstić information content (AvgIpc) is 2.06. The molecule has 0 atom stereocenters. The molecule has 4 heteroatoms. The Balaban J connectivity index is 2.85. The van der Waals surface area contributed by atoms with E-state index in [0.29, 0.717) is 5.46 Å². The van der Waals surface area contributed by atoms with Crippen molar-refractivity contribution < 1.29 is 10.0 Å². The van der Waals surface area contributed by atoms with Gasteiger partial charge in [-0.15, -0.1) is 0 Å². The van der Waals surface area contributed by atoms with Crippen molar-refractivity contribution in [2.24, 2.45) is 0 Å². The molecular formula is C8H8BBrO2. The largest absolute Gasteiger partial charge is 0.488 e. The van der Waals surface area contributed by atoms with Crippen LogP contribution in [-0.2, 0) is 0 Å². The number of halogens is 1. The zero-order chi connectivity index (χ0) is 8.97. The molecule has 0 unspecified atom stereocenters. The van der Waals surface area contributed by atoms with Crippen LogP contribution in [0.1, 0.15) is 5.56 Å². The Kier molecular flexibility index (Phi) is 3.53. The summed E-state index contributed by atoms with van der Waals surface area (Å²) in [5, 5.41) is 17.5. The van der Waals surface area contributed by atoms with E-state index < -0.39 is 7.12 Å². The lowest BCUT2D eigenvalue weighted by atomic mass is 9.80. The minimum atomic E-state index is -1.38. The molecule has 62 valence electrons. The van der Waals surface area contributed by atoms with Gasteiger partial charge in [-0.25, -0.2) is 0 Å². The van der Waals surface area contributed by atoms with Crippen LogP contribution in [0.15, 0.2) is 29.3 Å². The molecule has 0 aliphatic rings. The SMILES string of the molecule is OB(O)c1ccc(/C=C/Br)cc1. The molecule has 0 aliphatic carbocycles. The molecule has 0 amide bonds. The highest BCUT2D eigenvalue weighted by Crippen LogP contribution is 2.01. The van der Waals surface area contributed by atoms with Gasteiger partial charge in [0.25, 0.3) is 0 Å². The van der Waals surface area contributed by atoms with Crippen LogP contribution in [0.25, 0.3) is 6.08 Å². The van der Waals surface area contributed by atoms with Gasteiger partial charge in [-0.2, -0.15) is 0 Å². The molecule has 0 aliphatic heterocycles. The van der Waals surface area contributed by atoms with Crippen molar-refractivity contribution in [1.82, 2.24) is 0 Å². The highest BCUT2D eigenvalue weighted by atomic mass is 79.9. The normalized spacial score (nSPS) is 10.6. The smallest absolute Gasteiger partial charge is 0.423 e. The van der Waals surface area contributed by atoms with Gasteiger partial charge in [0, 0.05) is 0 Å². The van der Waals surface area contributed by atoms with E-state index in [4.69, 9.17) is 10.0 Å². The summed E-state index contributed by atoms with van der Waals surface area (Å²) in [7, 11) is -1.38. The van der Waals surface area contributed by atoms with E-state index in [1.807, 2.05) is 18.2 Å². The molecule has 0 heterocycles. The Morgan fingerprint density at radius 3 is 2.17 bits per heavy atom. The molecule has 2 N–H and O–H groups in total. The summed E-state index contributed by atoms with van der Waals surface area (Å²) < 4.78 is 0. The first-order chi connectivity index (χ1) is 5.74. The van der Waals surface area contributed by atoms with E-state index in [1.54, 1.807) is 17.1 Å². The molecule has 0 bridgehead atoms. The number of hydrogen-bond acceptors (Lipinski definition) is 2. The lowest BCUT2D eigenvalue weighted by Crippen LogP contribution is -2.29. The Hall–Kier alpha value is -0.575. The summed E-state index contributed by atoms with van der Waals surface area (Å²) in [5.41, 5.74) is 1.51. The molecule has 12 heavy (non-hydrogen) atoms. The predicted octanol–water partition coefficient (Wildman–Crippen LogP) is 0.732. The third-order valence-electron chi connectivity index (χ3n) is 1.49. The van der Waals surface area contributed by atoms with Gasteiger partial charge in [0.2, 0.25) is 0 Å². The average molecular weight is 227 g/mol. The van der Waals surface area contributed by atoms with E-state index >= 15 is 0 Å². The van der Waals surface area contributed by atoms with Gasteiger partial charge in [0.1, 0.15) is 0 Å². The van der Waals surface area contributed by atoms with Crippen molar-refractivity contribution in [3.8, 4) is 0 Å². The van der Waals surface area contributed by atoms with E-state index in [2.05, 4.69) is 15.9 Å². The first-order valence-electron chi connectivity index (χ1n) is 3.47. The molecule has 2 nitrogen and oxygen atoms in total. The van der Waals surface area contributed by atoms with Gasteiger partial charge in [-0.1, -0.05) is 40.2 Å². The van der Waals surface area contributed by atoms with E-state index in [9.17, 15) is 0 Å². The van der Waals surface area contributed by atoms with Crippen LogP contribution in [0.4, 0.5) is 0 Å². The molecule has 0 fully saturated rings. The molecule has 0 spiro atoms. The van der Waals surface area contributed by atoms with Crippen molar-refractivity contribution in [1.29, 1.82) is 0 Å². The third-order valence-corrected chi connectivity index (χ3v) is 1.75. The summed E-state index contributed by atoms with van der Waals surface area (Å²) >= 11 is 3.15. The van der Waals surface area contributed by atoms with E-state index in [1.165, 1.54) is 0 Å². The molecule has 0 saturated heterocycles. The van der Waals surface area contributed by atoms with Crippen molar-refractivity contribution in [3.05, 3.63) is 34.8 Å². The first kappa shape index (κ1) is 9.51. The summed E-state index contributed by atoms with van der Waals surface area (Å²) in [6.45, 7) is 0. The maximum Gasteiger partial charge on any atom is 0.488 e. The Labute approximate surface area is 79.8 Å². The monoisotopic (exact) mass is 226 g/mol. The zero-order valence-electron chi connectivity index (χ0n) is 6.31. The highest BCUT2D eigenvalue weighted by molar-refractivity contribution is 9.11. The van der Waals surface area contributed by atoms with Crippen LogP contribution in [-0.4, -0.2) is 17.2 Å². The Morgan fingerprint density at radius 2 is 1.75 bits per heavy atom. The van der Waals surface area contributed by atoms with Gasteiger partial charge >= 0.3 is 7.12 Å². The van der Waals surface area contributed by atoms with Gasteiger partial charge in [-0.05, 0) is 22.1 Å². The molecular weight excluding hydrogens is 219 g/mol. The van der Waals surface area contributed by atoms with Crippen LogP contribution < -0.4 is 5.46 Å². The summed E-state index contributed by atoms with van der Waals surface area (Å²) in [4.78, 5) is 1.75. The van der Waals surface area contributed by atoms with Gasteiger partial charge in [0.05, 0.1) is 0 Å². The van der Waals surface area contributed by atoms with Crippen LogP contribution in [0.5, 0.6) is 0 Å². The summed E-state index contributed by atoms with van der Waals surface area (Å²) in [6, 6.07) is 6.97. The summed E-state index contributed by atoms with van der Waals surface area (Å²) in [5.74, 6) is 0.